The van der Waals surface area contributed by atoms with Gasteiger partial charge in [0.25, 0.3) is 0 Å². The van der Waals surface area contributed by atoms with Crippen LogP contribution in [-0.2, 0) is 19.0 Å². The van der Waals surface area contributed by atoms with Crippen LogP contribution in [-0.4, -0.2) is 48.4 Å². The topological polar surface area (TPSA) is 112 Å². The molecule has 0 aromatic carbocycles. The van der Waals surface area contributed by atoms with E-state index in [2.05, 4.69) is 42.9 Å². The predicted molar refractivity (Wildman–Crippen MR) is 151 cm³/mol. The van der Waals surface area contributed by atoms with E-state index in [0.717, 1.165) is 25.8 Å². The lowest BCUT2D eigenvalue weighted by Gasteiger charge is -2.29. The van der Waals surface area contributed by atoms with Gasteiger partial charge >= 0.3 is 12.0 Å². The average molecular weight is 524 g/mol. The molecule has 8 nitrogen and oxygen atoms in total. The largest absolute Gasteiger partial charge is 0.493 e. The van der Waals surface area contributed by atoms with Crippen LogP contribution < -0.4 is 16.4 Å². The maximum atomic E-state index is 12.5. The molecule has 4 N–H and O–H groups in total. The monoisotopic (exact) mass is 523 g/mol. The van der Waals surface area contributed by atoms with Crippen molar-refractivity contribution in [3.05, 3.63) is 36.8 Å². The van der Waals surface area contributed by atoms with Gasteiger partial charge in [-0.3, -0.25) is 4.79 Å². The molecule has 214 valence electrons. The lowest BCUT2D eigenvalue weighted by molar-refractivity contribution is -0.155. The molecular formula is C29H53N3O5. The van der Waals surface area contributed by atoms with Crippen LogP contribution in [0.15, 0.2) is 36.8 Å². The molecule has 1 rings (SSSR count). The zero-order chi connectivity index (χ0) is 28.5. The van der Waals surface area contributed by atoms with E-state index in [9.17, 15) is 9.59 Å². The van der Waals surface area contributed by atoms with Gasteiger partial charge in [-0.25, -0.2) is 4.79 Å². The number of rotatable bonds is 13. The van der Waals surface area contributed by atoms with E-state index in [1.54, 1.807) is 0 Å². The van der Waals surface area contributed by atoms with Gasteiger partial charge in [-0.1, -0.05) is 45.1 Å². The zero-order valence-corrected chi connectivity index (χ0v) is 24.4. The molecule has 2 atom stereocenters. The molecule has 0 radical (unpaired) electrons. The number of allylic oxidation sites excluding steroid dienone is 1. The van der Waals surface area contributed by atoms with Crippen molar-refractivity contribution in [1.82, 2.24) is 10.6 Å². The summed E-state index contributed by atoms with van der Waals surface area (Å²) in [4.78, 5) is 24.6. The molecular weight excluding hydrogens is 470 g/mol. The fraction of sp³-hybridized carbons (Fsp3) is 0.724. The van der Waals surface area contributed by atoms with Crippen molar-refractivity contribution < 1.29 is 23.8 Å². The van der Waals surface area contributed by atoms with Crippen molar-refractivity contribution in [2.24, 2.45) is 5.73 Å². The molecule has 2 amide bonds. The summed E-state index contributed by atoms with van der Waals surface area (Å²) in [6.07, 6.45) is 11.3. The number of carbonyl (C=O) groups is 2. The van der Waals surface area contributed by atoms with Crippen molar-refractivity contribution >= 4 is 12.0 Å². The number of unbranched alkanes of at least 4 members (excludes halogenated alkanes) is 2. The highest BCUT2D eigenvalue weighted by molar-refractivity contribution is 5.75. The highest BCUT2D eigenvalue weighted by atomic mass is 16.6. The molecule has 0 saturated carbocycles. The number of carbonyl (C=O) groups excluding carboxylic acids is 2. The standard InChI is InChI=1S/C24H40N2O5.C5H13N/c1-17(29-19-12-10-9-11-13-19)16-25-22(28)26-20(18(2)30-23(3,4)5)14-15-21(27)31-24(6,7)8;1-2-3-4-5-6/h9-10,19-20H,1-2,11-16H2,3-8H3,(H2,25,26,28);2-6H2,1H3/t19-,20?;/m0./s1. The maximum Gasteiger partial charge on any atom is 0.315 e. The van der Waals surface area contributed by atoms with Crippen LogP contribution in [0.4, 0.5) is 4.79 Å². The molecule has 1 aliphatic rings. The first-order chi connectivity index (χ1) is 17.2. The van der Waals surface area contributed by atoms with E-state index in [4.69, 9.17) is 19.9 Å². The number of hydrogen-bond acceptors (Lipinski definition) is 6. The highest BCUT2D eigenvalue weighted by Crippen LogP contribution is 2.19. The van der Waals surface area contributed by atoms with E-state index in [1.807, 2.05) is 41.5 Å². The Morgan fingerprint density at radius 1 is 1.05 bits per heavy atom. The van der Waals surface area contributed by atoms with Gasteiger partial charge in [0.15, 0.2) is 0 Å². The van der Waals surface area contributed by atoms with Gasteiger partial charge in [-0.15, -0.1) is 0 Å². The summed E-state index contributed by atoms with van der Waals surface area (Å²) in [6.45, 7) is 22.2. The van der Waals surface area contributed by atoms with Crippen molar-refractivity contribution in [3.63, 3.8) is 0 Å². The van der Waals surface area contributed by atoms with E-state index >= 15 is 0 Å². The van der Waals surface area contributed by atoms with Gasteiger partial charge in [-0.05, 0) is 73.8 Å². The summed E-state index contributed by atoms with van der Waals surface area (Å²) >= 11 is 0. The lowest BCUT2D eigenvalue weighted by Crippen LogP contribution is -2.45. The molecule has 8 heteroatoms. The van der Waals surface area contributed by atoms with E-state index in [0.29, 0.717) is 17.9 Å². The smallest absolute Gasteiger partial charge is 0.315 e. The van der Waals surface area contributed by atoms with E-state index in [1.165, 1.54) is 19.3 Å². The number of urea groups is 1. The molecule has 1 aliphatic carbocycles. The van der Waals surface area contributed by atoms with Gasteiger partial charge in [0, 0.05) is 12.8 Å². The summed E-state index contributed by atoms with van der Waals surface area (Å²) in [6, 6.07) is -0.967. The third-order valence-electron chi connectivity index (χ3n) is 5.00. The summed E-state index contributed by atoms with van der Waals surface area (Å²) in [7, 11) is 0. The second kappa shape index (κ2) is 17.9. The normalized spacial score (nSPS) is 15.9. The minimum Gasteiger partial charge on any atom is -0.493 e. The van der Waals surface area contributed by atoms with Crippen LogP contribution in [0.3, 0.4) is 0 Å². The summed E-state index contributed by atoms with van der Waals surface area (Å²) in [5.74, 6) is 0.548. The zero-order valence-electron chi connectivity index (χ0n) is 24.4. The van der Waals surface area contributed by atoms with Crippen LogP contribution in [0.25, 0.3) is 0 Å². The van der Waals surface area contributed by atoms with Gasteiger partial charge in [0.05, 0.1) is 12.6 Å². The number of hydrogen-bond donors (Lipinski definition) is 3. The number of esters is 1. The Morgan fingerprint density at radius 2 is 1.70 bits per heavy atom. The number of amides is 2. The highest BCUT2D eigenvalue weighted by Gasteiger charge is 2.24. The Bertz CT molecular complexity index is 731. The second-order valence-electron chi connectivity index (χ2n) is 11.2. The molecule has 0 aromatic heterocycles. The Hall–Kier alpha value is -2.48. The summed E-state index contributed by atoms with van der Waals surface area (Å²) in [5.41, 5.74) is 4.17. The molecule has 0 bridgehead atoms. The van der Waals surface area contributed by atoms with Crippen molar-refractivity contribution in [3.8, 4) is 0 Å². The Morgan fingerprint density at radius 3 is 2.19 bits per heavy atom. The third kappa shape index (κ3) is 20.3. The van der Waals surface area contributed by atoms with E-state index in [-0.39, 0.29) is 25.0 Å². The Balaban J connectivity index is 0.00000192. The maximum absolute atomic E-state index is 12.5. The summed E-state index contributed by atoms with van der Waals surface area (Å²) < 4.78 is 17.0. The fourth-order valence-corrected chi connectivity index (χ4v) is 3.37. The Labute approximate surface area is 225 Å². The van der Waals surface area contributed by atoms with Crippen LogP contribution in [0.5, 0.6) is 0 Å². The minimum atomic E-state index is -0.565. The SMILES string of the molecule is C=C(CNC(=O)NC(CCC(=O)OC(C)(C)C)C(=C)OC(C)(C)C)O[C@H]1CC=CCC1.CCCCCN. The van der Waals surface area contributed by atoms with Gasteiger partial charge in [0.2, 0.25) is 0 Å². The molecule has 0 aliphatic heterocycles. The van der Waals surface area contributed by atoms with Gasteiger partial charge in [0.1, 0.15) is 28.8 Å². The lowest BCUT2D eigenvalue weighted by atomic mass is 10.1. The van der Waals surface area contributed by atoms with E-state index < -0.39 is 23.3 Å². The Kier molecular flexibility index (Phi) is 16.7. The first-order valence-electron chi connectivity index (χ1n) is 13.5. The van der Waals surface area contributed by atoms with Crippen molar-refractivity contribution in [2.45, 2.75) is 123 Å². The number of ether oxygens (including phenoxy) is 3. The first kappa shape index (κ1) is 34.5. The molecule has 0 spiro atoms. The van der Waals surface area contributed by atoms with Crippen molar-refractivity contribution in [1.29, 1.82) is 0 Å². The minimum absolute atomic E-state index is 0.101. The number of nitrogens with one attached hydrogen (secondary N) is 2. The van der Waals surface area contributed by atoms with Crippen LogP contribution in [0.2, 0.25) is 0 Å². The quantitative estimate of drug-likeness (QED) is 0.120. The molecule has 0 fully saturated rings. The molecule has 0 aromatic rings. The van der Waals surface area contributed by atoms with Crippen LogP contribution >= 0.6 is 0 Å². The van der Waals surface area contributed by atoms with Crippen molar-refractivity contribution in [2.75, 3.05) is 13.1 Å². The molecule has 0 heterocycles. The molecule has 1 unspecified atom stereocenters. The fourth-order valence-electron chi connectivity index (χ4n) is 3.37. The average Bonchev–Trinajstić information content (AvgIpc) is 2.77. The second-order valence-corrected chi connectivity index (χ2v) is 11.2. The summed E-state index contributed by atoms with van der Waals surface area (Å²) in [5, 5.41) is 5.57. The van der Waals surface area contributed by atoms with Gasteiger partial charge < -0.3 is 30.6 Å². The van der Waals surface area contributed by atoms with Gasteiger partial charge in [-0.2, -0.15) is 0 Å². The van der Waals surface area contributed by atoms with Crippen LogP contribution in [0.1, 0.15) is 99.8 Å². The number of nitrogens with two attached hydrogens (primary N) is 1. The predicted octanol–water partition coefficient (Wildman–Crippen LogP) is 5.88. The third-order valence-corrected chi connectivity index (χ3v) is 5.00. The molecule has 37 heavy (non-hydrogen) atoms. The first-order valence-corrected chi connectivity index (χ1v) is 13.5. The molecule has 0 saturated heterocycles. The van der Waals surface area contributed by atoms with Crippen LogP contribution in [0, 0.1) is 0 Å².